The standard InChI is InChI=1S/C24H26N2O3S/c1-18-8-14-22(15-9-18)23(21-6-4-3-5-7-21)26-24(27)25-16-19-10-12-20(13-11-19)17-30(2,28)29/h3-15,23H,16-17H2,1-2H3,(H2,25,26,27). The van der Waals surface area contributed by atoms with E-state index >= 15 is 0 Å². The molecule has 30 heavy (non-hydrogen) atoms. The van der Waals surface area contributed by atoms with Gasteiger partial charge in [-0.3, -0.25) is 0 Å². The van der Waals surface area contributed by atoms with Gasteiger partial charge in [0.1, 0.15) is 0 Å². The highest BCUT2D eigenvalue weighted by molar-refractivity contribution is 7.89. The van der Waals surface area contributed by atoms with Crippen LogP contribution in [-0.2, 0) is 22.1 Å². The zero-order chi connectivity index (χ0) is 21.6. The monoisotopic (exact) mass is 422 g/mol. The molecule has 0 fully saturated rings. The Kier molecular flexibility index (Phi) is 6.90. The lowest BCUT2D eigenvalue weighted by atomic mass is 9.98. The van der Waals surface area contributed by atoms with Crippen LogP contribution in [0.3, 0.4) is 0 Å². The maximum atomic E-state index is 12.6. The summed E-state index contributed by atoms with van der Waals surface area (Å²) in [7, 11) is -3.06. The van der Waals surface area contributed by atoms with Gasteiger partial charge in [-0.15, -0.1) is 0 Å². The summed E-state index contributed by atoms with van der Waals surface area (Å²) < 4.78 is 22.8. The van der Waals surface area contributed by atoms with E-state index in [1.807, 2.05) is 73.7 Å². The van der Waals surface area contributed by atoms with Crippen LogP contribution in [0.15, 0.2) is 78.9 Å². The number of nitrogens with one attached hydrogen (secondary N) is 2. The zero-order valence-electron chi connectivity index (χ0n) is 17.1. The first-order valence-corrected chi connectivity index (χ1v) is 11.8. The van der Waals surface area contributed by atoms with Crippen LogP contribution in [0, 0.1) is 6.92 Å². The minimum Gasteiger partial charge on any atom is -0.334 e. The lowest BCUT2D eigenvalue weighted by Gasteiger charge is -2.20. The van der Waals surface area contributed by atoms with E-state index in [-0.39, 0.29) is 17.8 Å². The van der Waals surface area contributed by atoms with Crippen molar-refractivity contribution in [2.24, 2.45) is 0 Å². The fraction of sp³-hybridized carbons (Fsp3) is 0.208. The van der Waals surface area contributed by atoms with Crippen molar-refractivity contribution in [3.8, 4) is 0 Å². The van der Waals surface area contributed by atoms with E-state index in [9.17, 15) is 13.2 Å². The minimum atomic E-state index is -3.06. The first kappa shape index (κ1) is 21.6. The number of benzene rings is 3. The van der Waals surface area contributed by atoms with Gasteiger partial charge in [0.25, 0.3) is 0 Å². The highest BCUT2D eigenvalue weighted by Crippen LogP contribution is 2.22. The molecule has 0 heterocycles. The Bertz CT molecular complexity index is 1080. The Morgan fingerprint density at radius 1 is 0.833 bits per heavy atom. The first-order chi connectivity index (χ1) is 14.3. The summed E-state index contributed by atoms with van der Waals surface area (Å²) in [5.41, 5.74) is 4.80. The third-order valence-electron chi connectivity index (χ3n) is 4.72. The van der Waals surface area contributed by atoms with Gasteiger partial charge in [0, 0.05) is 12.8 Å². The average Bonchev–Trinajstić information content (AvgIpc) is 2.72. The molecule has 0 bridgehead atoms. The van der Waals surface area contributed by atoms with Crippen molar-refractivity contribution in [2.45, 2.75) is 25.3 Å². The first-order valence-electron chi connectivity index (χ1n) is 9.71. The van der Waals surface area contributed by atoms with Crippen LogP contribution in [0.1, 0.15) is 33.9 Å². The summed E-state index contributed by atoms with van der Waals surface area (Å²) in [6.07, 6.45) is 1.21. The van der Waals surface area contributed by atoms with Gasteiger partial charge in [-0.2, -0.15) is 0 Å². The molecular weight excluding hydrogens is 396 g/mol. The van der Waals surface area contributed by atoms with Crippen LogP contribution in [-0.4, -0.2) is 20.7 Å². The molecule has 1 unspecified atom stereocenters. The van der Waals surface area contributed by atoms with Crippen LogP contribution in [0.25, 0.3) is 0 Å². The Morgan fingerprint density at radius 2 is 1.40 bits per heavy atom. The molecule has 0 saturated heterocycles. The predicted octanol–water partition coefficient (Wildman–Crippen LogP) is 4.13. The quantitative estimate of drug-likeness (QED) is 0.601. The van der Waals surface area contributed by atoms with Crippen LogP contribution in [0.5, 0.6) is 0 Å². The van der Waals surface area contributed by atoms with Crippen LogP contribution < -0.4 is 10.6 Å². The van der Waals surface area contributed by atoms with Gasteiger partial charge in [-0.05, 0) is 29.2 Å². The predicted molar refractivity (Wildman–Crippen MR) is 120 cm³/mol. The Hall–Kier alpha value is -3.12. The summed E-state index contributed by atoms with van der Waals surface area (Å²) in [5.74, 6) is 0.0104. The largest absolute Gasteiger partial charge is 0.334 e. The smallest absolute Gasteiger partial charge is 0.315 e. The van der Waals surface area contributed by atoms with Gasteiger partial charge in [0.05, 0.1) is 11.8 Å². The Morgan fingerprint density at radius 3 is 2.00 bits per heavy atom. The van der Waals surface area contributed by atoms with E-state index in [1.165, 1.54) is 6.26 Å². The van der Waals surface area contributed by atoms with Crippen LogP contribution >= 0.6 is 0 Å². The number of urea groups is 1. The van der Waals surface area contributed by atoms with Crippen molar-refractivity contribution in [3.63, 3.8) is 0 Å². The number of amides is 2. The van der Waals surface area contributed by atoms with Gasteiger partial charge in [0.2, 0.25) is 0 Å². The normalized spacial score (nSPS) is 12.2. The lowest BCUT2D eigenvalue weighted by molar-refractivity contribution is 0.238. The lowest BCUT2D eigenvalue weighted by Crippen LogP contribution is -2.38. The second-order valence-electron chi connectivity index (χ2n) is 7.47. The van der Waals surface area contributed by atoms with Crippen LogP contribution in [0.2, 0.25) is 0 Å². The zero-order valence-corrected chi connectivity index (χ0v) is 17.9. The molecule has 2 N–H and O–H groups in total. The summed E-state index contributed by atoms with van der Waals surface area (Å²) in [5, 5.41) is 5.93. The molecule has 0 spiro atoms. The van der Waals surface area contributed by atoms with Gasteiger partial charge < -0.3 is 10.6 Å². The molecular formula is C24H26N2O3S. The number of carbonyl (C=O) groups is 1. The molecule has 1 atom stereocenters. The molecule has 5 nitrogen and oxygen atoms in total. The van der Waals surface area contributed by atoms with Gasteiger partial charge in [-0.25, -0.2) is 13.2 Å². The molecule has 0 aromatic heterocycles. The fourth-order valence-corrected chi connectivity index (χ4v) is 3.98. The molecule has 0 aliphatic carbocycles. The summed E-state index contributed by atoms with van der Waals surface area (Å²) in [6, 6.07) is 24.6. The number of sulfone groups is 1. The Balaban J connectivity index is 1.65. The maximum absolute atomic E-state index is 12.6. The number of hydrogen-bond donors (Lipinski definition) is 2. The second-order valence-corrected chi connectivity index (χ2v) is 9.61. The number of carbonyl (C=O) groups excluding carboxylic acids is 1. The van der Waals surface area contributed by atoms with Crippen LogP contribution in [0.4, 0.5) is 4.79 Å². The summed E-state index contributed by atoms with van der Waals surface area (Å²) >= 11 is 0. The number of rotatable bonds is 7. The van der Waals surface area contributed by atoms with E-state index in [1.54, 1.807) is 12.1 Å². The van der Waals surface area contributed by atoms with Crippen molar-refractivity contribution in [1.29, 1.82) is 0 Å². The summed E-state index contributed by atoms with van der Waals surface area (Å²) in [6.45, 7) is 2.38. The van der Waals surface area contributed by atoms with Crippen molar-refractivity contribution in [3.05, 3.63) is 107 Å². The molecule has 0 aliphatic rings. The highest BCUT2D eigenvalue weighted by Gasteiger charge is 2.16. The third-order valence-corrected chi connectivity index (χ3v) is 5.58. The van der Waals surface area contributed by atoms with E-state index in [0.29, 0.717) is 6.54 Å². The highest BCUT2D eigenvalue weighted by atomic mass is 32.2. The topological polar surface area (TPSA) is 75.3 Å². The molecule has 3 aromatic carbocycles. The fourth-order valence-electron chi connectivity index (χ4n) is 3.18. The second kappa shape index (κ2) is 9.59. The summed E-state index contributed by atoms with van der Waals surface area (Å²) in [4.78, 5) is 12.6. The maximum Gasteiger partial charge on any atom is 0.315 e. The van der Waals surface area contributed by atoms with E-state index in [4.69, 9.17) is 0 Å². The molecule has 6 heteroatoms. The number of hydrogen-bond acceptors (Lipinski definition) is 3. The third kappa shape index (κ3) is 6.46. The molecule has 156 valence electrons. The van der Waals surface area contributed by atoms with Crippen molar-refractivity contribution in [1.82, 2.24) is 10.6 Å². The minimum absolute atomic E-state index is 0.0104. The van der Waals surface area contributed by atoms with Crippen molar-refractivity contribution in [2.75, 3.05) is 6.26 Å². The van der Waals surface area contributed by atoms with E-state index < -0.39 is 9.84 Å². The van der Waals surface area contributed by atoms with E-state index in [0.717, 1.165) is 27.8 Å². The van der Waals surface area contributed by atoms with Gasteiger partial charge in [-0.1, -0.05) is 84.4 Å². The number of aryl methyl sites for hydroxylation is 1. The molecule has 3 rings (SSSR count). The molecule has 0 aliphatic heterocycles. The van der Waals surface area contributed by atoms with E-state index in [2.05, 4.69) is 10.6 Å². The SMILES string of the molecule is Cc1ccc(C(NC(=O)NCc2ccc(CS(C)(=O)=O)cc2)c2ccccc2)cc1. The average molecular weight is 423 g/mol. The Labute approximate surface area is 178 Å². The molecule has 3 aromatic rings. The van der Waals surface area contributed by atoms with Gasteiger partial charge in [0.15, 0.2) is 9.84 Å². The van der Waals surface area contributed by atoms with Gasteiger partial charge >= 0.3 is 6.03 Å². The molecule has 2 amide bonds. The van der Waals surface area contributed by atoms with Crippen molar-refractivity contribution >= 4 is 15.9 Å². The molecule has 0 saturated carbocycles. The van der Waals surface area contributed by atoms with Crippen molar-refractivity contribution < 1.29 is 13.2 Å². The molecule has 0 radical (unpaired) electrons.